The summed E-state index contributed by atoms with van der Waals surface area (Å²) in [6.07, 6.45) is 1.96. The Bertz CT molecular complexity index is 932. The number of benzene rings is 3. The van der Waals surface area contributed by atoms with Crippen molar-refractivity contribution in [2.45, 2.75) is 4.90 Å². The predicted octanol–water partition coefficient (Wildman–Crippen LogP) is 8.07. The third-order valence-corrected chi connectivity index (χ3v) is 4.84. The molecule has 0 N–H and O–H groups in total. The molecule has 0 radical (unpaired) electrons. The lowest BCUT2D eigenvalue weighted by Gasteiger charge is -2.04. The predicted molar refractivity (Wildman–Crippen MR) is 116 cm³/mol. The van der Waals surface area contributed by atoms with Gasteiger partial charge in [-0.1, -0.05) is 76.9 Å². The van der Waals surface area contributed by atoms with E-state index in [4.69, 9.17) is 39.8 Å². The lowest BCUT2D eigenvalue weighted by atomic mass is 10.1. The van der Waals surface area contributed by atoms with E-state index in [1.807, 2.05) is 78.2 Å². The fraction of sp³-hybridized carbons (Fsp3) is 0. The van der Waals surface area contributed by atoms with Crippen LogP contribution in [0.3, 0.4) is 0 Å². The molecule has 0 aliphatic rings. The van der Waals surface area contributed by atoms with Gasteiger partial charge < -0.3 is 0 Å². The van der Waals surface area contributed by atoms with Gasteiger partial charge in [0.05, 0.1) is 11.4 Å². The second-order valence-corrected chi connectivity index (χ2v) is 7.66. The summed E-state index contributed by atoms with van der Waals surface area (Å²) >= 11 is 19.8. The molecule has 3 aromatic rings. The van der Waals surface area contributed by atoms with Crippen LogP contribution in [0.4, 0.5) is 5.69 Å². The van der Waals surface area contributed by atoms with Crippen molar-refractivity contribution in [3.05, 3.63) is 105 Å². The highest BCUT2D eigenvalue weighted by atomic mass is 35.5. The third kappa shape index (κ3) is 5.65. The normalized spacial score (nSPS) is 11.9. The minimum atomic E-state index is 0.612. The molecular formula is C21H14Cl3NS. The molecule has 130 valence electrons. The molecule has 0 fully saturated rings. The monoisotopic (exact) mass is 417 g/mol. The number of para-hydroxylation sites is 1. The largest absolute Gasteiger partial charge is 0.248 e. The average molecular weight is 419 g/mol. The van der Waals surface area contributed by atoms with E-state index in [0.29, 0.717) is 15.1 Å². The fourth-order valence-corrected chi connectivity index (χ4v) is 3.85. The Balaban J connectivity index is 1.89. The highest BCUT2D eigenvalue weighted by Gasteiger charge is 2.03. The van der Waals surface area contributed by atoms with Crippen molar-refractivity contribution in [2.24, 2.45) is 4.99 Å². The van der Waals surface area contributed by atoms with Crippen molar-refractivity contribution in [1.29, 1.82) is 0 Å². The molecule has 0 unspecified atom stereocenters. The molecule has 0 atom stereocenters. The first-order valence-corrected chi connectivity index (χ1v) is 9.80. The molecule has 0 saturated heterocycles. The maximum Gasteiger partial charge on any atom is 0.0715 e. The van der Waals surface area contributed by atoms with Crippen LogP contribution < -0.4 is 0 Å². The van der Waals surface area contributed by atoms with Crippen molar-refractivity contribution in [3.8, 4) is 0 Å². The van der Waals surface area contributed by atoms with Crippen molar-refractivity contribution in [1.82, 2.24) is 0 Å². The third-order valence-electron chi connectivity index (χ3n) is 3.39. The molecule has 3 aromatic carbocycles. The summed E-state index contributed by atoms with van der Waals surface area (Å²) in [4.78, 5) is 5.70. The smallest absolute Gasteiger partial charge is 0.0715 e. The zero-order valence-corrected chi connectivity index (χ0v) is 16.7. The van der Waals surface area contributed by atoms with Gasteiger partial charge in [0.15, 0.2) is 0 Å². The second-order valence-electron chi connectivity index (χ2n) is 5.37. The van der Waals surface area contributed by atoms with Crippen LogP contribution in [0.15, 0.2) is 94.2 Å². The van der Waals surface area contributed by atoms with Gasteiger partial charge in [0, 0.05) is 25.5 Å². The molecule has 0 heterocycles. The summed E-state index contributed by atoms with van der Waals surface area (Å²) in [5.74, 6) is 0. The maximum atomic E-state index is 6.14. The van der Waals surface area contributed by atoms with E-state index in [1.54, 1.807) is 6.07 Å². The number of halogens is 3. The number of allylic oxidation sites excluding steroid dienone is 1. The number of aliphatic imine (C=N–C) groups is 1. The van der Waals surface area contributed by atoms with Crippen LogP contribution in [0.5, 0.6) is 0 Å². The number of thioether (sulfide) groups is 1. The minimum absolute atomic E-state index is 0.612. The van der Waals surface area contributed by atoms with Gasteiger partial charge in [-0.2, -0.15) is 0 Å². The quantitative estimate of drug-likeness (QED) is 0.301. The van der Waals surface area contributed by atoms with Gasteiger partial charge in [-0.25, -0.2) is 4.99 Å². The van der Waals surface area contributed by atoms with Crippen molar-refractivity contribution >= 4 is 58.0 Å². The lowest BCUT2D eigenvalue weighted by molar-refractivity contribution is 1.47. The Morgan fingerprint density at radius 2 is 1.50 bits per heavy atom. The van der Waals surface area contributed by atoms with E-state index >= 15 is 0 Å². The molecule has 5 heteroatoms. The molecule has 26 heavy (non-hydrogen) atoms. The molecule has 0 aliphatic heterocycles. The van der Waals surface area contributed by atoms with Crippen molar-refractivity contribution < 1.29 is 0 Å². The molecule has 1 nitrogen and oxygen atoms in total. The van der Waals surface area contributed by atoms with Gasteiger partial charge in [-0.15, -0.1) is 0 Å². The van der Waals surface area contributed by atoms with Crippen molar-refractivity contribution in [2.75, 3.05) is 0 Å². The molecule has 0 bridgehead atoms. The van der Waals surface area contributed by atoms with Gasteiger partial charge in [-0.05, 0) is 53.9 Å². The fourth-order valence-electron chi connectivity index (χ4n) is 2.26. The van der Waals surface area contributed by atoms with E-state index in [1.165, 1.54) is 11.8 Å². The Morgan fingerprint density at radius 1 is 0.769 bits per heavy atom. The lowest BCUT2D eigenvalue weighted by Crippen LogP contribution is -1.95. The number of hydrogen-bond acceptors (Lipinski definition) is 2. The van der Waals surface area contributed by atoms with E-state index < -0.39 is 0 Å². The first-order valence-electron chi connectivity index (χ1n) is 7.79. The number of rotatable bonds is 5. The Hall–Kier alpha value is -1.71. The van der Waals surface area contributed by atoms with Crippen molar-refractivity contribution in [3.63, 3.8) is 0 Å². The summed E-state index contributed by atoms with van der Waals surface area (Å²) in [6.45, 7) is 0. The van der Waals surface area contributed by atoms with E-state index in [2.05, 4.69) is 0 Å². The second kappa shape index (κ2) is 9.29. The highest BCUT2D eigenvalue weighted by Crippen LogP contribution is 2.27. The van der Waals surface area contributed by atoms with Crippen LogP contribution in [0.1, 0.15) is 5.56 Å². The molecule has 0 spiro atoms. The summed E-state index contributed by atoms with van der Waals surface area (Å²) in [6, 6.07) is 22.9. The summed E-state index contributed by atoms with van der Waals surface area (Å²) in [7, 11) is 0. The van der Waals surface area contributed by atoms with Gasteiger partial charge >= 0.3 is 0 Å². The number of hydrogen-bond donors (Lipinski definition) is 0. The summed E-state index contributed by atoms with van der Waals surface area (Å²) in [5, 5.41) is 3.86. The van der Waals surface area contributed by atoms with Crippen LogP contribution in [0.2, 0.25) is 15.1 Å². The average Bonchev–Trinajstić information content (AvgIpc) is 2.61. The Morgan fingerprint density at radius 3 is 2.19 bits per heavy atom. The Labute approximate surface area is 172 Å². The molecular weight excluding hydrogens is 405 g/mol. The van der Waals surface area contributed by atoms with Crippen LogP contribution in [0.25, 0.3) is 0 Å². The molecule has 0 aromatic heterocycles. The van der Waals surface area contributed by atoms with Crippen LogP contribution in [-0.2, 0) is 0 Å². The van der Waals surface area contributed by atoms with Gasteiger partial charge in [-0.3, -0.25) is 0 Å². The van der Waals surface area contributed by atoms with Crippen LogP contribution >= 0.6 is 46.6 Å². The topological polar surface area (TPSA) is 12.4 Å². The first kappa shape index (κ1) is 19.1. The van der Waals surface area contributed by atoms with E-state index in [-0.39, 0.29) is 0 Å². The van der Waals surface area contributed by atoms with Crippen LogP contribution in [-0.4, -0.2) is 5.71 Å². The minimum Gasteiger partial charge on any atom is -0.248 e. The zero-order chi connectivity index (χ0) is 18.4. The SMILES string of the molecule is Clc1cc(Cl)cc(SC=CC(=Nc2ccccc2)c2cccc(Cl)c2)c1. The molecule has 0 amide bonds. The zero-order valence-electron chi connectivity index (χ0n) is 13.6. The Kier molecular flexibility index (Phi) is 6.81. The highest BCUT2D eigenvalue weighted by molar-refractivity contribution is 8.02. The standard InChI is InChI=1S/C21H14Cl3NS/c22-16-6-4-5-15(11-16)21(25-19-7-2-1-3-8-19)9-10-26-20-13-17(23)12-18(24)14-20/h1-14H. The van der Waals surface area contributed by atoms with Gasteiger partial charge in [0.25, 0.3) is 0 Å². The van der Waals surface area contributed by atoms with Gasteiger partial charge in [0.2, 0.25) is 0 Å². The first-order chi connectivity index (χ1) is 12.6. The van der Waals surface area contributed by atoms with E-state index in [0.717, 1.165) is 21.9 Å². The van der Waals surface area contributed by atoms with Crippen LogP contribution in [0, 0.1) is 0 Å². The summed E-state index contributed by atoms with van der Waals surface area (Å²) < 4.78 is 0. The van der Waals surface area contributed by atoms with Gasteiger partial charge in [0.1, 0.15) is 0 Å². The summed E-state index contributed by atoms with van der Waals surface area (Å²) in [5.41, 5.74) is 2.64. The maximum absolute atomic E-state index is 6.14. The molecule has 0 saturated carbocycles. The number of nitrogens with zero attached hydrogens (tertiary/aromatic N) is 1. The molecule has 3 rings (SSSR count). The van der Waals surface area contributed by atoms with E-state index in [9.17, 15) is 0 Å². The molecule has 0 aliphatic carbocycles.